The molecule has 0 aromatic carbocycles. The van der Waals surface area contributed by atoms with Gasteiger partial charge in [0.15, 0.2) is 0 Å². The molecule has 1 spiro atoms. The summed E-state index contributed by atoms with van der Waals surface area (Å²) in [4.78, 5) is 40.4. The normalized spacial score (nSPS) is 20.5. The zero-order valence-corrected chi connectivity index (χ0v) is 24.1. The fourth-order valence-electron chi connectivity index (χ4n) is 5.31. The minimum Gasteiger partial charge on any atom is -0.475 e. The summed E-state index contributed by atoms with van der Waals surface area (Å²) in [5, 5.41) is 23.0. The first-order valence-corrected chi connectivity index (χ1v) is 14.0. The molecule has 2 saturated heterocycles. The third-order valence-electron chi connectivity index (χ3n) is 7.19. The molecule has 0 radical (unpaired) electrons. The predicted molar refractivity (Wildman–Crippen MR) is 144 cm³/mol. The van der Waals surface area contributed by atoms with Crippen LogP contribution < -0.4 is 0 Å². The van der Waals surface area contributed by atoms with E-state index in [1.54, 1.807) is 23.7 Å². The number of aryl methyl sites for hydroxylation is 1. The zero-order valence-electron chi connectivity index (χ0n) is 23.3. The van der Waals surface area contributed by atoms with Crippen LogP contribution in [0.5, 0.6) is 0 Å². The van der Waals surface area contributed by atoms with Crippen LogP contribution >= 0.6 is 11.3 Å². The van der Waals surface area contributed by atoms with Crippen molar-refractivity contribution in [2.45, 2.75) is 44.2 Å². The highest BCUT2D eigenvalue weighted by Crippen LogP contribution is 2.49. The van der Waals surface area contributed by atoms with E-state index in [4.69, 9.17) is 19.8 Å². The van der Waals surface area contributed by atoms with Crippen LogP contribution in [-0.2, 0) is 34.5 Å². The first kappa shape index (κ1) is 34.5. The fraction of sp³-hybridized carbons (Fsp3) is 0.444. The van der Waals surface area contributed by atoms with Crippen LogP contribution in [0.1, 0.15) is 35.6 Å². The molecular formula is C27H29F6N5O5S. The van der Waals surface area contributed by atoms with Crippen molar-refractivity contribution in [1.82, 2.24) is 24.6 Å². The molecule has 3 aromatic rings. The Balaban J connectivity index is 0.000000317. The summed E-state index contributed by atoms with van der Waals surface area (Å²) < 4.78 is 65.4. The highest BCUT2D eigenvalue weighted by molar-refractivity contribution is 7.07. The van der Waals surface area contributed by atoms with Gasteiger partial charge in [-0.05, 0) is 59.0 Å². The van der Waals surface area contributed by atoms with E-state index in [0.29, 0.717) is 12.5 Å². The average Bonchev–Trinajstić information content (AvgIpc) is 3.68. The maximum Gasteiger partial charge on any atom is 0.490 e. The number of amides is 1. The second-order valence-corrected chi connectivity index (χ2v) is 11.0. The van der Waals surface area contributed by atoms with E-state index in [1.807, 2.05) is 30.1 Å². The zero-order chi connectivity index (χ0) is 32.7. The van der Waals surface area contributed by atoms with Gasteiger partial charge in [-0.25, -0.2) is 9.59 Å². The van der Waals surface area contributed by atoms with Crippen LogP contribution in [0.15, 0.2) is 53.6 Å². The van der Waals surface area contributed by atoms with E-state index in [9.17, 15) is 31.1 Å². The van der Waals surface area contributed by atoms with Crippen molar-refractivity contribution in [1.29, 1.82) is 0 Å². The number of nitrogens with zero attached hydrogens (tertiary/aromatic N) is 5. The Morgan fingerprint density at radius 1 is 0.977 bits per heavy atom. The third kappa shape index (κ3) is 8.78. The lowest BCUT2D eigenvalue weighted by Crippen LogP contribution is -2.52. The van der Waals surface area contributed by atoms with Crippen LogP contribution in [0.3, 0.4) is 0 Å². The molecule has 5 heterocycles. The number of rotatable bonds is 5. The van der Waals surface area contributed by atoms with Crippen molar-refractivity contribution in [3.8, 4) is 0 Å². The van der Waals surface area contributed by atoms with Crippen LogP contribution in [-0.4, -0.2) is 84.6 Å². The number of carbonyl (C=O) groups is 3. The summed E-state index contributed by atoms with van der Waals surface area (Å²) in [6, 6.07) is 8.29. The molecule has 240 valence electrons. The molecule has 0 unspecified atom stereocenters. The molecule has 1 amide bonds. The first-order valence-electron chi connectivity index (χ1n) is 13.0. The Bertz CT molecular complexity index is 1380. The largest absolute Gasteiger partial charge is 0.490 e. The summed E-state index contributed by atoms with van der Waals surface area (Å²) in [5.74, 6) is -5.05. The second kappa shape index (κ2) is 14.2. The topological polar surface area (TPSA) is 129 Å². The highest BCUT2D eigenvalue weighted by Gasteiger charge is 2.55. The van der Waals surface area contributed by atoms with Gasteiger partial charge < -0.3 is 15.1 Å². The molecule has 2 fully saturated rings. The Morgan fingerprint density at radius 2 is 1.59 bits per heavy atom. The number of hydrogen-bond acceptors (Lipinski definition) is 7. The summed E-state index contributed by atoms with van der Waals surface area (Å²) in [6.07, 6.45) is -2.73. The van der Waals surface area contributed by atoms with Gasteiger partial charge in [0.1, 0.15) is 0 Å². The van der Waals surface area contributed by atoms with Gasteiger partial charge in [0.25, 0.3) is 0 Å². The average molecular weight is 650 g/mol. The number of aromatic nitrogens is 3. The van der Waals surface area contributed by atoms with Gasteiger partial charge in [-0.15, -0.1) is 0 Å². The Labute approximate surface area is 251 Å². The fourth-order valence-corrected chi connectivity index (χ4v) is 5.97. The van der Waals surface area contributed by atoms with Crippen molar-refractivity contribution < 1.29 is 50.9 Å². The van der Waals surface area contributed by atoms with Gasteiger partial charge in [-0.1, -0.05) is 0 Å². The minimum absolute atomic E-state index is 0.163. The Morgan fingerprint density at radius 3 is 2.09 bits per heavy atom. The van der Waals surface area contributed by atoms with Gasteiger partial charge in [0.05, 0.1) is 5.41 Å². The van der Waals surface area contributed by atoms with E-state index in [0.717, 1.165) is 44.6 Å². The van der Waals surface area contributed by atoms with E-state index < -0.39 is 24.3 Å². The number of thiophene rings is 1. The molecule has 0 saturated carbocycles. The van der Waals surface area contributed by atoms with Crippen molar-refractivity contribution in [2.24, 2.45) is 12.5 Å². The van der Waals surface area contributed by atoms with E-state index in [1.165, 1.54) is 11.3 Å². The number of likely N-dealkylation sites (tertiary alicyclic amines) is 2. The number of carboxylic acids is 2. The minimum atomic E-state index is -5.08. The standard InChI is InChI=1S/C23H27N5OS.2C2HF3O2/c1-26-21(5-10-25-26)20-15-27(13-19-6-12-30-16-19)17-23(20)7-2-11-28(22(23)29)14-18-3-8-24-9-4-18;2*3-2(4,5)1(6)7/h3-6,8-10,12,16,20H,2,7,11,13-15,17H2,1H3;2*(H,6,7)/t20-,23+;;/m0../s1. The lowest BCUT2D eigenvalue weighted by molar-refractivity contribution is -0.193. The van der Waals surface area contributed by atoms with Crippen LogP contribution in [0.4, 0.5) is 26.3 Å². The van der Waals surface area contributed by atoms with Gasteiger partial charge in [-0.3, -0.25) is 19.4 Å². The second-order valence-electron chi connectivity index (χ2n) is 10.2. The molecule has 44 heavy (non-hydrogen) atoms. The number of aliphatic carboxylic acids is 2. The van der Waals surface area contributed by atoms with E-state index >= 15 is 0 Å². The smallest absolute Gasteiger partial charge is 0.475 e. The first-order chi connectivity index (χ1) is 20.5. The number of pyridine rings is 1. The number of halogens is 6. The molecule has 2 atom stereocenters. The molecule has 5 rings (SSSR count). The van der Waals surface area contributed by atoms with Gasteiger partial charge in [0, 0.05) is 70.0 Å². The molecule has 17 heteroatoms. The van der Waals surface area contributed by atoms with Crippen molar-refractivity contribution in [3.05, 3.63) is 70.4 Å². The Kier molecular flexibility index (Phi) is 11.1. The maximum atomic E-state index is 14.0. The number of piperidine rings is 1. The lowest BCUT2D eigenvalue weighted by Gasteiger charge is -2.42. The summed E-state index contributed by atoms with van der Waals surface area (Å²) >= 11 is 1.73. The molecule has 0 aliphatic carbocycles. The Hall–Kier alpha value is -3.99. The monoisotopic (exact) mass is 649 g/mol. The van der Waals surface area contributed by atoms with Crippen molar-refractivity contribution in [3.63, 3.8) is 0 Å². The van der Waals surface area contributed by atoms with Crippen molar-refractivity contribution in [2.75, 3.05) is 19.6 Å². The van der Waals surface area contributed by atoms with E-state index in [2.05, 4.69) is 42.8 Å². The number of carbonyl (C=O) groups excluding carboxylic acids is 1. The number of alkyl halides is 6. The van der Waals surface area contributed by atoms with E-state index in [-0.39, 0.29) is 11.3 Å². The molecule has 2 aliphatic heterocycles. The molecule has 3 aromatic heterocycles. The molecular weight excluding hydrogens is 620 g/mol. The SMILES string of the molecule is Cn1nccc1[C@@H]1CN(Cc2ccsc2)C[C@]12CCCN(Cc1ccncc1)C2=O.O=C(O)C(F)(F)F.O=C(O)C(F)(F)F. The predicted octanol–water partition coefficient (Wildman–Crippen LogP) is 4.55. The maximum absolute atomic E-state index is 14.0. The highest BCUT2D eigenvalue weighted by atomic mass is 32.1. The molecule has 2 N–H and O–H groups in total. The summed E-state index contributed by atoms with van der Waals surface area (Å²) in [6.45, 7) is 4.09. The lowest BCUT2D eigenvalue weighted by atomic mass is 9.70. The number of hydrogen-bond donors (Lipinski definition) is 2. The van der Waals surface area contributed by atoms with Gasteiger partial charge >= 0.3 is 24.3 Å². The van der Waals surface area contributed by atoms with Gasteiger partial charge in [-0.2, -0.15) is 42.8 Å². The van der Waals surface area contributed by atoms with Crippen LogP contribution in [0.25, 0.3) is 0 Å². The molecule has 0 bridgehead atoms. The third-order valence-corrected chi connectivity index (χ3v) is 7.92. The molecule has 2 aliphatic rings. The number of carboxylic acid groups (broad SMARTS) is 2. The molecule has 10 nitrogen and oxygen atoms in total. The van der Waals surface area contributed by atoms with Gasteiger partial charge in [0.2, 0.25) is 5.91 Å². The summed E-state index contributed by atoms with van der Waals surface area (Å²) in [7, 11) is 1.99. The van der Waals surface area contributed by atoms with Crippen LogP contribution in [0, 0.1) is 5.41 Å². The summed E-state index contributed by atoms with van der Waals surface area (Å²) in [5.41, 5.74) is 3.26. The van der Waals surface area contributed by atoms with Crippen molar-refractivity contribution >= 4 is 29.2 Å². The quantitative estimate of drug-likeness (QED) is 0.386. The van der Waals surface area contributed by atoms with Crippen LogP contribution in [0.2, 0.25) is 0 Å².